The lowest BCUT2D eigenvalue weighted by atomic mass is 10.0. The summed E-state index contributed by atoms with van der Waals surface area (Å²) in [7, 11) is 0. The van der Waals surface area contributed by atoms with Crippen LogP contribution >= 0.6 is 0 Å². The van der Waals surface area contributed by atoms with E-state index < -0.39 is 4.92 Å². The van der Waals surface area contributed by atoms with Crippen molar-refractivity contribution in [1.29, 1.82) is 0 Å². The molecular weight excluding hydrogens is 306 g/mol. The second-order valence-corrected chi connectivity index (χ2v) is 6.07. The smallest absolute Gasteiger partial charge is 0.277 e. The predicted molar refractivity (Wildman–Crippen MR) is 90.6 cm³/mol. The van der Waals surface area contributed by atoms with E-state index in [9.17, 15) is 14.9 Å². The number of hydrogen-bond donors (Lipinski definition) is 1. The van der Waals surface area contributed by atoms with E-state index in [4.69, 9.17) is 5.73 Å². The van der Waals surface area contributed by atoms with E-state index in [2.05, 4.69) is 6.07 Å². The van der Waals surface area contributed by atoms with Gasteiger partial charge in [0.15, 0.2) is 0 Å². The summed E-state index contributed by atoms with van der Waals surface area (Å²) in [4.78, 5) is 25.0. The summed E-state index contributed by atoms with van der Waals surface area (Å²) < 4.78 is 0. The van der Waals surface area contributed by atoms with Crippen molar-refractivity contribution >= 4 is 11.6 Å². The summed E-state index contributed by atoms with van der Waals surface area (Å²) in [6.07, 6.45) is 0.805. The first-order valence-electron chi connectivity index (χ1n) is 7.77. The van der Waals surface area contributed by atoms with Gasteiger partial charge in [0, 0.05) is 30.8 Å². The molecule has 0 bridgehead atoms. The monoisotopic (exact) mass is 324 g/mol. The predicted octanol–water partition coefficient (Wildman–Crippen LogP) is 2.54. The molecule has 1 aliphatic heterocycles. The van der Waals surface area contributed by atoms with E-state index >= 15 is 0 Å². The van der Waals surface area contributed by atoms with Gasteiger partial charge in [-0.25, -0.2) is 0 Å². The molecule has 1 aliphatic rings. The van der Waals surface area contributed by atoms with Crippen LogP contribution in [0.5, 0.6) is 0 Å². The molecule has 1 heterocycles. The van der Waals surface area contributed by atoms with Gasteiger partial charge in [-0.1, -0.05) is 12.1 Å². The minimum absolute atomic E-state index is 0.0310. The van der Waals surface area contributed by atoms with Crippen LogP contribution < -0.4 is 5.73 Å². The molecule has 1 radical (unpaired) electrons. The maximum atomic E-state index is 12.4. The van der Waals surface area contributed by atoms with Crippen molar-refractivity contribution in [3.63, 3.8) is 0 Å². The van der Waals surface area contributed by atoms with Gasteiger partial charge in [0.25, 0.3) is 11.6 Å². The third kappa shape index (κ3) is 3.14. The van der Waals surface area contributed by atoms with Crippen molar-refractivity contribution in [3.05, 3.63) is 63.7 Å². The van der Waals surface area contributed by atoms with Gasteiger partial charge in [0.1, 0.15) is 0 Å². The van der Waals surface area contributed by atoms with Gasteiger partial charge >= 0.3 is 0 Å². The first kappa shape index (κ1) is 16.1. The number of benzene rings is 2. The molecule has 1 saturated heterocycles. The zero-order valence-electron chi connectivity index (χ0n) is 13.4. The molecule has 2 aromatic rings. The van der Waals surface area contributed by atoms with Crippen molar-refractivity contribution in [2.75, 3.05) is 13.1 Å². The number of nitrogens with zero attached hydrogens (tertiary/aromatic N) is 2. The average Bonchev–Trinajstić information content (AvgIpc) is 3.01. The maximum absolute atomic E-state index is 12.4. The number of nitro groups is 1. The number of rotatable bonds is 3. The third-order valence-electron chi connectivity index (χ3n) is 4.22. The van der Waals surface area contributed by atoms with Crippen molar-refractivity contribution in [1.82, 2.24) is 4.90 Å². The van der Waals surface area contributed by atoms with E-state index in [-0.39, 0.29) is 17.6 Å². The molecule has 2 N–H and O–H groups in total. The quantitative estimate of drug-likeness (QED) is 0.694. The minimum Gasteiger partial charge on any atom is -0.337 e. The van der Waals surface area contributed by atoms with Crippen LogP contribution in [0.3, 0.4) is 0 Å². The molecule has 0 unspecified atom stereocenters. The lowest BCUT2D eigenvalue weighted by molar-refractivity contribution is -0.384. The number of carbonyl (C=O) groups excluding carboxylic acids is 1. The Morgan fingerprint density at radius 3 is 2.75 bits per heavy atom. The topological polar surface area (TPSA) is 89.5 Å². The van der Waals surface area contributed by atoms with Crippen molar-refractivity contribution in [3.8, 4) is 11.1 Å². The average molecular weight is 324 g/mol. The van der Waals surface area contributed by atoms with Gasteiger partial charge in [-0.15, -0.1) is 0 Å². The molecule has 1 amide bonds. The molecule has 3 rings (SSSR count). The van der Waals surface area contributed by atoms with E-state index in [1.54, 1.807) is 35.2 Å². The molecule has 6 heteroatoms. The second-order valence-electron chi connectivity index (χ2n) is 6.07. The molecule has 123 valence electrons. The third-order valence-corrected chi connectivity index (χ3v) is 4.22. The van der Waals surface area contributed by atoms with Crippen LogP contribution in [0.15, 0.2) is 36.4 Å². The Balaban J connectivity index is 1.88. The highest BCUT2D eigenvalue weighted by atomic mass is 16.6. The highest BCUT2D eigenvalue weighted by molar-refractivity contribution is 5.94. The summed E-state index contributed by atoms with van der Waals surface area (Å²) in [6.45, 7) is 3.02. The van der Waals surface area contributed by atoms with Crippen LogP contribution in [0.25, 0.3) is 11.1 Å². The zero-order valence-corrected chi connectivity index (χ0v) is 13.4. The fourth-order valence-corrected chi connectivity index (χ4v) is 2.90. The largest absolute Gasteiger partial charge is 0.337 e. The normalized spacial score (nSPS) is 17.1. The van der Waals surface area contributed by atoms with Gasteiger partial charge in [-0.3, -0.25) is 14.9 Å². The Kier molecular flexibility index (Phi) is 4.31. The van der Waals surface area contributed by atoms with Crippen molar-refractivity contribution in [2.24, 2.45) is 5.73 Å². The number of amides is 1. The van der Waals surface area contributed by atoms with E-state index in [0.29, 0.717) is 29.8 Å². The summed E-state index contributed by atoms with van der Waals surface area (Å²) in [6, 6.07) is 13.1. The molecule has 6 nitrogen and oxygen atoms in total. The Labute approximate surface area is 140 Å². The molecule has 0 saturated carbocycles. The van der Waals surface area contributed by atoms with Crippen LogP contribution in [0, 0.1) is 23.1 Å². The number of aryl methyl sites for hydroxylation is 1. The molecular formula is C18H18N3O3. The standard InChI is InChI=1S/C18H18N3O3/c1-12-2-7-16(17(10-12)21(23)24)13-3-5-14(6-4-13)18(22)20-9-8-15(19)11-20/h2-5,7,10,15H,8-9,11,19H2,1H3/t15-/m0/s1. The Bertz CT molecular complexity index is 787. The first-order valence-corrected chi connectivity index (χ1v) is 7.77. The minimum atomic E-state index is -0.396. The lowest BCUT2D eigenvalue weighted by Crippen LogP contribution is -2.31. The number of hydrogen-bond acceptors (Lipinski definition) is 4. The number of nitro benzene ring substituents is 1. The summed E-state index contributed by atoms with van der Waals surface area (Å²) in [5.74, 6) is -0.104. The molecule has 1 fully saturated rings. The lowest BCUT2D eigenvalue weighted by Gasteiger charge is -2.15. The second kappa shape index (κ2) is 6.41. The van der Waals surface area contributed by atoms with Crippen molar-refractivity contribution < 1.29 is 9.72 Å². The van der Waals surface area contributed by atoms with E-state index in [1.165, 1.54) is 0 Å². The SMILES string of the molecule is Cc1ccc(-c2c[c]c(C(=O)N3CC[C@H](N)C3)cc2)c([N+](=O)[O-])c1. The number of nitrogens with two attached hydrogens (primary N) is 1. The molecule has 2 aromatic carbocycles. The molecule has 24 heavy (non-hydrogen) atoms. The van der Waals surface area contributed by atoms with E-state index in [1.807, 2.05) is 13.0 Å². The molecule has 0 spiro atoms. The first-order chi connectivity index (χ1) is 11.5. The maximum Gasteiger partial charge on any atom is 0.277 e. The highest BCUT2D eigenvalue weighted by Gasteiger charge is 2.24. The van der Waals surface area contributed by atoms with E-state index in [0.717, 1.165) is 12.0 Å². The fraction of sp³-hybridized carbons (Fsp3) is 0.278. The number of carbonyl (C=O) groups is 1. The summed E-state index contributed by atoms with van der Waals surface area (Å²) in [5, 5.41) is 11.2. The van der Waals surface area contributed by atoms with Gasteiger partial charge in [-0.2, -0.15) is 0 Å². The van der Waals surface area contributed by atoms with Crippen LogP contribution in [-0.2, 0) is 0 Å². The van der Waals surface area contributed by atoms with Crippen LogP contribution in [0.4, 0.5) is 5.69 Å². The number of likely N-dealkylation sites (tertiary alicyclic amines) is 1. The Morgan fingerprint density at radius 2 is 2.17 bits per heavy atom. The van der Waals surface area contributed by atoms with Crippen LogP contribution in [0.2, 0.25) is 0 Å². The van der Waals surface area contributed by atoms with Crippen LogP contribution in [0.1, 0.15) is 22.3 Å². The zero-order chi connectivity index (χ0) is 17.3. The Hall–Kier alpha value is -2.73. The van der Waals surface area contributed by atoms with Gasteiger partial charge in [0.2, 0.25) is 0 Å². The summed E-state index contributed by atoms with van der Waals surface area (Å²) in [5.41, 5.74) is 8.33. The van der Waals surface area contributed by atoms with Crippen molar-refractivity contribution in [2.45, 2.75) is 19.4 Å². The molecule has 0 aliphatic carbocycles. The van der Waals surface area contributed by atoms with Gasteiger partial charge in [0.05, 0.1) is 10.5 Å². The Morgan fingerprint density at radius 1 is 1.38 bits per heavy atom. The summed E-state index contributed by atoms with van der Waals surface area (Å²) >= 11 is 0. The molecule has 0 aromatic heterocycles. The van der Waals surface area contributed by atoms with Crippen LogP contribution in [-0.4, -0.2) is 34.9 Å². The van der Waals surface area contributed by atoms with Gasteiger partial charge in [-0.05, 0) is 48.7 Å². The van der Waals surface area contributed by atoms with Gasteiger partial charge < -0.3 is 10.6 Å². The molecule has 1 atom stereocenters. The fourth-order valence-electron chi connectivity index (χ4n) is 2.90. The highest BCUT2D eigenvalue weighted by Crippen LogP contribution is 2.30.